The molecule has 0 aliphatic carbocycles. The molecule has 0 unspecified atom stereocenters. The highest BCUT2D eigenvalue weighted by Crippen LogP contribution is 2.32. The smallest absolute Gasteiger partial charge is 0.325 e. The second kappa shape index (κ2) is 12.8. The lowest BCUT2D eigenvalue weighted by molar-refractivity contribution is 0.0948. The molecule has 2 aromatic carbocycles. The van der Waals surface area contributed by atoms with Crippen LogP contribution in [0.25, 0.3) is 33.6 Å². The second-order valence-corrected chi connectivity index (χ2v) is 9.43. The van der Waals surface area contributed by atoms with Gasteiger partial charge in [0.2, 0.25) is 5.88 Å². The van der Waals surface area contributed by atoms with Gasteiger partial charge in [0.1, 0.15) is 0 Å². The molecule has 0 saturated carbocycles. The zero-order valence-electron chi connectivity index (χ0n) is 23.1. The molecule has 0 aliphatic heterocycles. The van der Waals surface area contributed by atoms with Crippen LogP contribution in [0.4, 0.5) is 0 Å². The number of nitrogens with zero attached hydrogens (tertiary/aromatic N) is 3. The molecule has 42 heavy (non-hydrogen) atoms. The van der Waals surface area contributed by atoms with E-state index >= 15 is 0 Å². The molecular weight excluding hydrogens is 534 g/mol. The normalized spacial score (nSPS) is 10.8. The number of H-pyrrole nitrogens is 2. The van der Waals surface area contributed by atoms with E-state index in [0.717, 1.165) is 33.5 Å². The third-order valence-corrected chi connectivity index (χ3v) is 6.72. The molecule has 0 atom stereocenters. The van der Waals surface area contributed by atoms with E-state index in [0.29, 0.717) is 25.5 Å². The molecule has 11 nitrogen and oxygen atoms in total. The van der Waals surface area contributed by atoms with E-state index < -0.39 is 17.2 Å². The van der Waals surface area contributed by atoms with Gasteiger partial charge in [-0.25, -0.2) is 9.78 Å². The minimum Gasteiger partial charge on any atom is -0.481 e. The molecule has 0 fully saturated rings. The average molecular weight is 564 g/mol. The van der Waals surface area contributed by atoms with Crippen LogP contribution in [-0.4, -0.2) is 51.3 Å². The maximum absolute atomic E-state index is 12.5. The fourth-order valence-corrected chi connectivity index (χ4v) is 4.55. The Labute approximate surface area is 241 Å². The van der Waals surface area contributed by atoms with Crippen molar-refractivity contribution >= 4 is 5.91 Å². The number of aromatic nitrogens is 5. The highest BCUT2D eigenvalue weighted by molar-refractivity contribution is 5.92. The Morgan fingerprint density at radius 3 is 2.38 bits per heavy atom. The fourth-order valence-electron chi connectivity index (χ4n) is 4.55. The minimum absolute atomic E-state index is 0.104. The third-order valence-electron chi connectivity index (χ3n) is 6.72. The lowest BCUT2D eigenvalue weighted by Crippen LogP contribution is -2.32. The zero-order chi connectivity index (χ0) is 29.5. The highest BCUT2D eigenvalue weighted by Gasteiger charge is 2.13. The van der Waals surface area contributed by atoms with Crippen LogP contribution < -0.4 is 26.6 Å². The van der Waals surface area contributed by atoms with E-state index in [4.69, 9.17) is 9.72 Å². The first kappa shape index (κ1) is 28.1. The molecule has 4 N–H and O–H groups in total. The molecule has 11 heteroatoms. The van der Waals surface area contributed by atoms with Crippen molar-refractivity contribution in [2.45, 2.75) is 13.5 Å². The Morgan fingerprint density at radius 2 is 1.64 bits per heavy atom. The molecular formula is C31H29N7O4. The maximum Gasteiger partial charge on any atom is 0.325 e. The number of ether oxygens (including phenoxy) is 1. The van der Waals surface area contributed by atoms with Crippen LogP contribution in [0.1, 0.15) is 21.6 Å². The number of carbonyl (C=O) groups is 1. The van der Waals surface area contributed by atoms with Gasteiger partial charge in [-0.15, -0.1) is 10.2 Å². The van der Waals surface area contributed by atoms with Crippen molar-refractivity contribution in [2.75, 3.05) is 20.2 Å². The first-order valence-corrected chi connectivity index (χ1v) is 13.3. The summed E-state index contributed by atoms with van der Waals surface area (Å²) in [5, 5.41) is 13.9. The first-order valence-electron chi connectivity index (χ1n) is 13.3. The summed E-state index contributed by atoms with van der Waals surface area (Å²) in [6, 6.07) is 23.4. The van der Waals surface area contributed by atoms with E-state index in [1.54, 1.807) is 7.11 Å². The van der Waals surface area contributed by atoms with Gasteiger partial charge < -0.3 is 20.4 Å². The van der Waals surface area contributed by atoms with Crippen molar-refractivity contribution in [3.05, 3.63) is 117 Å². The summed E-state index contributed by atoms with van der Waals surface area (Å²) in [5.41, 5.74) is 5.49. The third kappa shape index (κ3) is 6.31. The van der Waals surface area contributed by atoms with Gasteiger partial charge in [0.25, 0.3) is 11.5 Å². The fraction of sp³-hybridized carbons (Fsp3) is 0.161. The summed E-state index contributed by atoms with van der Waals surface area (Å²) in [4.78, 5) is 44.9. The van der Waals surface area contributed by atoms with Crippen molar-refractivity contribution in [1.82, 2.24) is 35.8 Å². The largest absolute Gasteiger partial charge is 0.481 e. The quantitative estimate of drug-likeness (QED) is 0.189. The number of nitrogens with one attached hydrogen (secondary N) is 4. The maximum atomic E-state index is 12.5. The molecule has 0 aliphatic rings. The predicted octanol–water partition coefficient (Wildman–Crippen LogP) is 3.09. The lowest BCUT2D eigenvalue weighted by atomic mass is 9.94. The van der Waals surface area contributed by atoms with Crippen LogP contribution in [0.2, 0.25) is 0 Å². The number of rotatable bonds is 10. The number of amides is 1. The second-order valence-electron chi connectivity index (χ2n) is 9.43. The van der Waals surface area contributed by atoms with E-state index in [9.17, 15) is 14.4 Å². The SMILES string of the molecule is COc1nc(-c2cccc(-c3ccccc3)c2C)ccc1CNCCNC(=O)c1ccc(-c2c[nH]c(=O)[nH]c2=O)nn1. The van der Waals surface area contributed by atoms with Gasteiger partial charge in [-0.1, -0.05) is 54.6 Å². The Bertz CT molecular complexity index is 1820. The van der Waals surface area contributed by atoms with E-state index in [2.05, 4.69) is 62.0 Å². The van der Waals surface area contributed by atoms with Gasteiger partial charge in [0.15, 0.2) is 5.69 Å². The van der Waals surface area contributed by atoms with Crippen LogP contribution in [0, 0.1) is 6.92 Å². The predicted molar refractivity (Wildman–Crippen MR) is 159 cm³/mol. The number of methoxy groups -OCH3 is 1. The van der Waals surface area contributed by atoms with Crippen LogP contribution in [0.15, 0.2) is 88.6 Å². The van der Waals surface area contributed by atoms with Gasteiger partial charge in [-0.2, -0.15) is 0 Å². The van der Waals surface area contributed by atoms with E-state index in [-0.39, 0.29) is 17.0 Å². The van der Waals surface area contributed by atoms with Crippen LogP contribution in [0.5, 0.6) is 5.88 Å². The molecule has 0 spiro atoms. The molecule has 5 aromatic rings. The lowest BCUT2D eigenvalue weighted by Gasteiger charge is -2.14. The summed E-state index contributed by atoms with van der Waals surface area (Å²) < 4.78 is 5.60. The molecule has 0 radical (unpaired) electrons. The minimum atomic E-state index is -0.618. The highest BCUT2D eigenvalue weighted by atomic mass is 16.5. The van der Waals surface area contributed by atoms with Gasteiger partial charge in [-0.3, -0.25) is 14.6 Å². The number of benzene rings is 2. The number of hydrogen-bond acceptors (Lipinski definition) is 8. The van der Waals surface area contributed by atoms with Crippen molar-refractivity contribution in [1.29, 1.82) is 0 Å². The number of aromatic amines is 2. The Morgan fingerprint density at radius 1 is 0.857 bits per heavy atom. The van der Waals surface area contributed by atoms with E-state index in [1.807, 2.05) is 36.4 Å². The topological polar surface area (TPSA) is 155 Å². The van der Waals surface area contributed by atoms with Crippen molar-refractivity contribution in [3.63, 3.8) is 0 Å². The molecule has 0 bridgehead atoms. The zero-order valence-corrected chi connectivity index (χ0v) is 23.1. The van der Waals surface area contributed by atoms with Crippen LogP contribution in [-0.2, 0) is 6.54 Å². The van der Waals surface area contributed by atoms with Gasteiger partial charge >= 0.3 is 5.69 Å². The van der Waals surface area contributed by atoms with Gasteiger partial charge in [-0.05, 0) is 41.8 Å². The summed E-state index contributed by atoms with van der Waals surface area (Å²) in [5.74, 6) is 0.133. The average Bonchev–Trinajstić information content (AvgIpc) is 3.01. The van der Waals surface area contributed by atoms with Gasteiger partial charge in [0, 0.05) is 37.0 Å². The summed E-state index contributed by atoms with van der Waals surface area (Å²) in [6.45, 7) is 3.44. The Hall–Kier alpha value is -5.42. The molecule has 3 aromatic heterocycles. The summed E-state index contributed by atoms with van der Waals surface area (Å²) >= 11 is 0. The standard InChI is InChI=1S/C31H29N7O4/c1-19-22(20-7-4-3-5-8-20)9-6-10-23(19)25-12-11-21(30(35-25)42-2)17-32-15-16-33-29(40)27-14-13-26(37-38-27)24-18-34-31(41)36-28(24)39/h3-14,18,32H,15-17H2,1-2H3,(H,33,40)(H2,34,36,39,41). The summed E-state index contributed by atoms with van der Waals surface area (Å²) in [7, 11) is 1.60. The molecule has 3 heterocycles. The number of pyridine rings is 1. The van der Waals surface area contributed by atoms with E-state index in [1.165, 1.54) is 18.3 Å². The number of carbonyl (C=O) groups excluding carboxylic acids is 1. The molecule has 0 saturated heterocycles. The monoisotopic (exact) mass is 563 g/mol. The number of hydrogen-bond donors (Lipinski definition) is 4. The Balaban J connectivity index is 1.16. The van der Waals surface area contributed by atoms with Crippen LogP contribution in [0.3, 0.4) is 0 Å². The first-order chi connectivity index (χ1) is 20.4. The van der Waals surface area contributed by atoms with Crippen molar-refractivity contribution in [3.8, 4) is 39.5 Å². The molecule has 5 rings (SSSR count). The van der Waals surface area contributed by atoms with Crippen LogP contribution >= 0.6 is 0 Å². The van der Waals surface area contributed by atoms with Crippen molar-refractivity contribution in [2.24, 2.45) is 0 Å². The van der Waals surface area contributed by atoms with Crippen molar-refractivity contribution < 1.29 is 9.53 Å². The van der Waals surface area contributed by atoms with Gasteiger partial charge in [0.05, 0.1) is 24.1 Å². The molecule has 212 valence electrons. The summed E-state index contributed by atoms with van der Waals surface area (Å²) in [6.07, 6.45) is 1.25. The Kier molecular flexibility index (Phi) is 8.59. The molecule has 1 amide bonds.